The number of hydrogen-bond donors (Lipinski definition) is 2. The molecule has 8 heteroatoms. The van der Waals surface area contributed by atoms with Crippen molar-refractivity contribution in [2.75, 3.05) is 13.1 Å². The van der Waals surface area contributed by atoms with Crippen LogP contribution >= 0.6 is 23.2 Å². The molecule has 0 saturated carbocycles. The largest absolute Gasteiger partial charge is 0.508 e. The lowest BCUT2D eigenvalue weighted by Gasteiger charge is -2.35. The quantitative estimate of drug-likeness (QED) is 0.815. The average molecular weight is 410 g/mol. The van der Waals surface area contributed by atoms with Crippen molar-refractivity contribution in [2.45, 2.75) is 18.9 Å². The van der Waals surface area contributed by atoms with Crippen molar-refractivity contribution in [1.82, 2.24) is 9.47 Å². The van der Waals surface area contributed by atoms with Crippen LogP contribution in [0.25, 0.3) is 0 Å². The average Bonchev–Trinajstić information content (AvgIpc) is 2.66. The van der Waals surface area contributed by atoms with Crippen molar-refractivity contribution in [1.29, 1.82) is 0 Å². The first kappa shape index (κ1) is 19.7. The molecule has 0 spiro atoms. The first-order chi connectivity index (χ1) is 12.8. The second-order valence-electron chi connectivity index (χ2n) is 6.85. The van der Waals surface area contributed by atoms with E-state index < -0.39 is 6.04 Å². The van der Waals surface area contributed by atoms with Crippen LogP contribution in [-0.2, 0) is 7.05 Å². The van der Waals surface area contributed by atoms with Gasteiger partial charge in [-0.3, -0.25) is 9.59 Å². The molecule has 1 aliphatic heterocycles. The lowest BCUT2D eigenvalue weighted by Crippen LogP contribution is -2.41. The molecule has 0 aliphatic carbocycles. The van der Waals surface area contributed by atoms with Crippen LogP contribution in [0.2, 0.25) is 10.0 Å². The summed E-state index contributed by atoms with van der Waals surface area (Å²) in [4.78, 5) is 25.9. The molecular formula is C19H21Cl2N3O3. The third kappa shape index (κ3) is 4.13. The first-order valence-corrected chi connectivity index (χ1v) is 9.43. The second kappa shape index (κ2) is 7.92. The molecule has 144 valence electrons. The van der Waals surface area contributed by atoms with Gasteiger partial charge in [0.05, 0.1) is 15.6 Å². The summed E-state index contributed by atoms with van der Waals surface area (Å²) in [7, 11) is 1.62. The number of aryl methyl sites for hydroxylation is 1. The number of pyridine rings is 1. The molecule has 0 bridgehead atoms. The zero-order valence-corrected chi connectivity index (χ0v) is 16.4. The topological polar surface area (TPSA) is 88.6 Å². The Labute approximate surface area is 167 Å². The molecule has 0 radical (unpaired) electrons. The fourth-order valence-corrected chi connectivity index (χ4v) is 3.77. The normalized spacial score (nSPS) is 16.4. The molecular weight excluding hydrogens is 389 g/mol. The van der Waals surface area contributed by atoms with E-state index in [1.807, 2.05) is 0 Å². The number of nitrogens with zero attached hydrogens (tertiary/aromatic N) is 2. The number of piperidine rings is 1. The van der Waals surface area contributed by atoms with Crippen LogP contribution in [0, 0.1) is 5.92 Å². The van der Waals surface area contributed by atoms with Crippen LogP contribution in [0.3, 0.4) is 0 Å². The van der Waals surface area contributed by atoms with Crippen LogP contribution < -0.4 is 11.3 Å². The molecule has 1 aromatic carbocycles. The van der Waals surface area contributed by atoms with Gasteiger partial charge in [0.1, 0.15) is 5.75 Å². The molecule has 27 heavy (non-hydrogen) atoms. The number of hydrogen-bond acceptors (Lipinski definition) is 4. The third-order valence-corrected chi connectivity index (χ3v) is 5.82. The smallest absolute Gasteiger partial charge is 0.255 e. The Hall–Kier alpha value is -2.02. The zero-order valence-electron chi connectivity index (χ0n) is 14.9. The number of phenolic OH excluding ortho intramolecular Hbond substituents is 1. The summed E-state index contributed by atoms with van der Waals surface area (Å²) in [6.07, 6.45) is 2.97. The van der Waals surface area contributed by atoms with E-state index in [-0.39, 0.29) is 28.2 Å². The fraction of sp³-hybridized carbons (Fsp3) is 0.368. The van der Waals surface area contributed by atoms with Crippen molar-refractivity contribution in [2.24, 2.45) is 18.7 Å². The van der Waals surface area contributed by atoms with Crippen molar-refractivity contribution in [3.05, 3.63) is 62.0 Å². The monoisotopic (exact) mass is 409 g/mol. The van der Waals surface area contributed by atoms with E-state index in [1.165, 1.54) is 16.7 Å². The van der Waals surface area contributed by atoms with E-state index in [1.54, 1.807) is 30.3 Å². The summed E-state index contributed by atoms with van der Waals surface area (Å²) in [6.45, 7) is 1.12. The number of amides is 1. The van der Waals surface area contributed by atoms with Crippen LogP contribution in [0.5, 0.6) is 5.75 Å². The van der Waals surface area contributed by atoms with Gasteiger partial charge in [0.2, 0.25) is 5.56 Å². The Morgan fingerprint density at radius 3 is 2.48 bits per heavy atom. The standard InChI is InChI=1S/C19H21Cl2N3O3/c1-23-10-12(2-3-17(23)26)19(27)24-6-4-11(5-7-24)18(22)13-8-14(20)15(21)9-16(13)25/h2-3,8-11,18,25H,4-7,22H2,1H3/t18-/m1/s1. The number of aromatic nitrogens is 1. The number of rotatable bonds is 3. The number of carbonyl (C=O) groups is 1. The van der Waals surface area contributed by atoms with E-state index in [9.17, 15) is 14.7 Å². The molecule has 1 amide bonds. The van der Waals surface area contributed by atoms with E-state index >= 15 is 0 Å². The summed E-state index contributed by atoms with van der Waals surface area (Å²) in [5.41, 5.74) is 7.25. The van der Waals surface area contributed by atoms with E-state index in [4.69, 9.17) is 28.9 Å². The molecule has 2 aromatic rings. The van der Waals surface area contributed by atoms with E-state index in [2.05, 4.69) is 0 Å². The summed E-state index contributed by atoms with van der Waals surface area (Å²) >= 11 is 12.0. The molecule has 1 atom stereocenters. The summed E-state index contributed by atoms with van der Waals surface area (Å²) < 4.78 is 1.39. The maximum Gasteiger partial charge on any atom is 0.255 e. The van der Waals surface area contributed by atoms with Gasteiger partial charge in [0.15, 0.2) is 0 Å². The molecule has 1 aliphatic rings. The van der Waals surface area contributed by atoms with Crippen LogP contribution in [0.1, 0.15) is 34.8 Å². The number of nitrogens with two attached hydrogens (primary N) is 1. The fourth-order valence-electron chi connectivity index (χ4n) is 3.44. The predicted molar refractivity (Wildman–Crippen MR) is 105 cm³/mol. The van der Waals surface area contributed by atoms with Crippen LogP contribution in [-0.4, -0.2) is 33.6 Å². The van der Waals surface area contributed by atoms with Gasteiger partial charge in [0.25, 0.3) is 5.91 Å². The van der Waals surface area contributed by atoms with E-state index in [0.717, 1.165) is 0 Å². The van der Waals surface area contributed by atoms with Crippen molar-refractivity contribution in [3.8, 4) is 5.75 Å². The zero-order chi connectivity index (χ0) is 19.7. The minimum atomic E-state index is -0.394. The van der Waals surface area contributed by atoms with Gasteiger partial charge < -0.3 is 20.3 Å². The number of likely N-dealkylation sites (tertiary alicyclic amines) is 1. The molecule has 1 fully saturated rings. The van der Waals surface area contributed by atoms with Crippen molar-refractivity contribution >= 4 is 29.1 Å². The summed E-state index contributed by atoms with van der Waals surface area (Å²) in [5, 5.41) is 10.8. The lowest BCUT2D eigenvalue weighted by atomic mass is 9.85. The number of carbonyl (C=O) groups excluding carboxylic acids is 1. The molecule has 0 unspecified atom stereocenters. The minimum absolute atomic E-state index is 0.0283. The summed E-state index contributed by atoms with van der Waals surface area (Å²) in [6, 6.07) is 5.55. The maximum absolute atomic E-state index is 12.7. The predicted octanol–water partition coefficient (Wildman–Crippen LogP) is 2.95. The molecule has 3 rings (SSSR count). The molecule has 1 saturated heterocycles. The Morgan fingerprint density at radius 1 is 1.22 bits per heavy atom. The van der Waals surface area contributed by atoms with Gasteiger partial charge in [-0.2, -0.15) is 0 Å². The highest BCUT2D eigenvalue weighted by Crippen LogP contribution is 2.37. The van der Waals surface area contributed by atoms with E-state index in [0.29, 0.717) is 42.1 Å². The molecule has 6 nitrogen and oxygen atoms in total. The Balaban J connectivity index is 1.68. The van der Waals surface area contributed by atoms with Crippen LogP contribution in [0.15, 0.2) is 35.3 Å². The highest BCUT2D eigenvalue weighted by Gasteiger charge is 2.29. The van der Waals surface area contributed by atoms with Gasteiger partial charge >= 0.3 is 0 Å². The Kier molecular flexibility index (Phi) is 5.79. The van der Waals surface area contributed by atoms with Crippen molar-refractivity contribution < 1.29 is 9.90 Å². The Bertz CT molecular complexity index is 921. The van der Waals surface area contributed by atoms with Gasteiger partial charge in [-0.1, -0.05) is 23.2 Å². The highest BCUT2D eigenvalue weighted by atomic mass is 35.5. The Morgan fingerprint density at radius 2 is 1.85 bits per heavy atom. The number of aromatic hydroxyl groups is 1. The van der Waals surface area contributed by atoms with Gasteiger partial charge in [0, 0.05) is 50.1 Å². The molecule has 1 aromatic heterocycles. The SMILES string of the molecule is Cn1cc(C(=O)N2CCC([C@@H](N)c3cc(Cl)c(Cl)cc3O)CC2)ccc1=O. The van der Waals surface area contributed by atoms with Gasteiger partial charge in [-0.15, -0.1) is 0 Å². The minimum Gasteiger partial charge on any atom is -0.508 e. The number of benzene rings is 1. The number of phenols is 1. The van der Waals surface area contributed by atoms with Crippen LogP contribution in [0.4, 0.5) is 0 Å². The maximum atomic E-state index is 12.7. The third-order valence-electron chi connectivity index (χ3n) is 5.10. The highest BCUT2D eigenvalue weighted by molar-refractivity contribution is 6.42. The van der Waals surface area contributed by atoms with Gasteiger partial charge in [-0.25, -0.2) is 0 Å². The summed E-state index contributed by atoms with van der Waals surface area (Å²) in [5.74, 6) is 0.0351. The molecule has 3 N–H and O–H groups in total. The lowest BCUT2D eigenvalue weighted by molar-refractivity contribution is 0.0676. The molecule has 2 heterocycles. The van der Waals surface area contributed by atoms with Crippen molar-refractivity contribution in [3.63, 3.8) is 0 Å². The second-order valence-corrected chi connectivity index (χ2v) is 7.66. The number of halogens is 2. The van der Waals surface area contributed by atoms with Gasteiger partial charge in [-0.05, 0) is 30.9 Å². The first-order valence-electron chi connectivity index (χ1n) is 8.67.